The largest absolute Gasteiger partial charge is 0.383 e. The van der Waals surface area contributed by atoms with Gasteiger partial charge in [0.15, 0.2) is 0 Å². The summed E-state index contributed by atoms with van der Waals surface area (Å²) in [4.78, 5) is 6.56. The van der Waals surface area contributed by atoms with Crippen molar-refractivity contribution in [1.29, 1.82) is 0 Å². The van der Waals surface area contributed by atoms with Gasteiger partial charge >= 0.3 is 0 Å². The number of nitrogens with zero attached hydrogens (tertiary/aromatic N) is 2. The Morgan fingerprint density at radius 3 is 2.81 bits per heavy atom. The van der Waals surface area contributed by atoms with Gasteiger partial charge in [0.2, 0.25) is 0 Å². The minimum absolute atomic E-state index is 0.625. The van der Waals surface area contributed by atoms with Gasteiger partial charge in [-0.05, 0) is 28.1 Å². The summed E-state index contributed by atoms with van der Waals surface area (Å²) in [5, 5.41) is 0. The van der Waals surface area contributed by atoms with Gasteiger partial charge in [-0.15, -0.1) is 11.6 Å². The van der Waals surface area contributed by atoms with Crippen LogP contribution >= 0.6 is 27.5 Å². The number of aromatic nitrogens is 1. The van der Waals surface area contributed by atoms with Crippen LogP contribution in [0.1, 0.15) is 5.69 Å². The number of rotatable bonds is 7. The van der Waals surface area contributed by atoms with Crippen LogP contribution in [-0.2, 0) is 11.3 Å². The Bertz CT molecular complexity index is 295. The molecule has 0 N–H and O–H groups in total. The van der Waals surface area contributed by atoms with Crippen molar-refractivity contribution in [2.45, 2.75) is 6.54 Å². The Kier molecular flexibility index (Phi) is 6.96. The first-order valence-electron chi connectivity index (χ1n) is 5.14. The van der Waals surface area contributed by atoms with Crippen LogP contribution in [0.15, 0.2) is 22.8 Å². The number of halogens is 2. The van der Waals surface area contributed by atoms with E-state index >= 15 is 0 Å². The van der Waals surface area contributed by atoms with Gasteiger partial charge in [-0.3, -0.25) is 9.88 Å². The molecule has 5 heteroatoms. The maximum atomic E-state index is 5.76. The Balaban J connectivity index is 2.49. The van der Waals surface area contributed by atoms with Crippen molar-refractivity contribution < 1.29 is 4.74 Å². The van der Waals surface area contributed by atoms with Crippen LogP contribution < -0.4 is 0 Å². The average Bonchev–Trinajstić information content (AvgIpc) is 2.29. The zero-order chi connectivity index (χ0) is 11.8. The van der Waals surface area contributed by atoms with E-state index in [2.05, 4.69) is 25.8 Å². The van der Waals surface area contributed by atoms with Gasteiger partial charge in [0, 0.05) is 43.3 Å². The molecule has 1 aromatic rings. The molecule has 0 amide bonds. The van der Waals surface area contributed by atoms with Crippen LogP contribution in [-0.4, -0.2) is 42.6 Å². The molecule has 1 rings (SSSR count). The van der Waals surface area contributed by atoms with Crippen LogP contribution in [0.25, 0.3) is 0 Å². The van der Waals surface area contributed by atoms with E-state index in [0.717, 1.165) is 29.8 Å². The normalized spacial score (nSPS) is 11.0. The van der Waals surface area contributed by atoms with E-state index in [9.17, 15) is 0 Å². The first-order chi connectivity index (χ1) is 7.76. The summed E-state index contributed by atoms with van der Waals surface area (Å²) in [6, 6.07) is 4.01. The highest BCUT2D eigenvalue weighted by Crippen LogP contribution is 2.09. The predicted molar refractivity (Wildman–Crippen MR) is 69.8 cm³/mol. The second kappa shape index (κ2) is 8.01. The summed E-state index contributed by atoms with van der Waals surface area (Å²) < 4.78 is 6.06. The summed E-state index contributed by atoms with van der Waals surface area (Å²) in [6.07, 6.45) is 1.81. The smallest absolute Gasteiger partial charge is 0.0589 e. The molecule has 16 heavy (non-hydrogen) atoms. The standard InChI is InChI=1S/C11H16BrClN2O/c1-16-7-6-15(5-4-13)9-11-3-2-10(12)8-14-11/h2-3,8H,4-7,9H2,1H3. The lowest BCUT2D eigenvalue weighted by atomic mass is 10.3. The molecule has 1 aromatic heterocycles. The zero-order valence-corrected chi connectivity index (χ0v) is 11.7. The molecule has 0 aliphatic heterocycles. The van der Waals surface area contributed by atoms with Crippen LogP contribution in [0, 0.1) is 0 Å². The number of methoxy groups -OCH3 is 1. The topological polar surface area (TPSA) is 25.4 Å². The quantitative estimate of drug-likeness (QED) is 0.724. The maximum absolute atomic E-state index is 5.76. The number of ether oxygens (including phenoxy) is 1. The number of hydrogen-bond donors (Lipinski definition) is 0. The number of alkyl halides is 1. The molecule has 90 valence electrons. The molecule has 0 aliphatic carbocycles. The fraction of sp³-hybridized carbons (Fsp3) is 0.545. The molecule has 0 fully saturated rings. The highest BCUT2D eigenvalue weighted by atomic mass is 79.9. The highest BCUT2D eigenvalue weighted by Gasteiger charge is 2.05. The van der Waals surface area contributed by atoms with E-state index in [-0.39, 0.29) is 0 Å². The van der Waals surface area contributed by atoms with Gasteiger partial charge in [0.25, 0.3) is 0 Å². The third-order valence-electron chi connectivity index (χ3n) is 2.19. The van der Waals surface area contributed by atoms with Crippen LogP contribution in [0.4, 0.5) is 0 Å². The Hall–Kier alpha value is -0.160. The third-order valence-corrected chi connectivity index (χ3v) is 2.82. The third kappa shape index (κ3) is 5.25. The molecule has 0 saturated carbocycles. The Labute approximate surface area is 110 Å². The lowest BCUT2D eigenvalue weighted by molar-refractivity contribution is 0.147. The summed E-state index contributed by atoms with van der Waals surface area (Å²) in [7, 11) is 1.71. The molecule has 0 bridgehead atoms. The van der Waals surface area contributed by atoms with Crippen LogP contribution in [0.5, 0.6) is 0 Å². The number of hydrogen-bond acceptors (Lipinski definition) is 3. The van der Waals surface area contributed by atoms with Crippen LogP contribution in [0.2, 0.25) is 0 Å². The Morgan fingerprint density at radius 2 is 2.25 bits per heavy atom. The molecular weight excluding hydrogens is 291 g/mol. The van der Waals surface area contributed by atoms with E-state index in [0.29, 0.717) is 12.5 Å². The predicted octanol–water partition coefficient (Wildman–Crippen LogP) is 2.53. The van der Waals surface area contributed by atoms with Gasteiger partial charge < -0.3 is 4.74 Å². The van der Waals surface area contributed by atoms with Crippen molar-refractivity contribution in [1.82, 2.24) is 9.88 Å². The zero-order valence-electron chi connectivity index (χ0n) is 9.33. The van der Waals surface area contributed by atoms with Gasteiger partial charge in [-0.1, -0.05) is 0 Å². The molecule has 0 saturated heterocycles. The first kappa shape index (κ1) is 13.9. The van der Waals surface area contributed by atoms with Crippen molar-refractivity contribution in [3.8, 4) is 0 Å². The molecule has 3 nitrogen and oxygen atoms in total. The second-order valence-corrected chi connectivity index (χ2v) is 4.72. The highest BCUT2D eigenvalue weighted by molar-refractivity contribution is 9.10. The molecule has 1 heterocycles. The molecule has 0 aliphatic rings. The maximum Gasteiger partial charge on any atom is 0.0589 e. The Morgan fingerprint density at radius 1 is 1.44 bits per heavy atom. The van der Waals surface area contributed by atoms with Crippen LogP contribution in [0.3, 0.4) is 0 Å². The first-order valence-corrected chi connectivity index (χ1v) is 6.46. The molecular formula is C11H16BrClN2O. The van der Waals surface area contributed by atoms with E-state index in [1.165, 1.54) is 0 Å². The van der Waals surface area contributed by atoms with Crippen molar-refractivity contribution in [2.24, 2.45) is 0 Å². The lowest BCUT2D eigenvalue weighted by Gasteiger charge is -2.20. The van der Waals surface area contributed by atoms with Gasteiger partial charge in [-0.25, -0.2) is 0 Å². The second-order valence-electron chi connectivity index (χ2n) is 3.43. The molecule has 0 aromatic carbocycles. The van der Waals surface area contributed by atoms with Crippen molar-refractivity contribution in [3.63, 3.8) is 0 Å². The lowest BCUT2D eigenvalue weighted by Crippen LogP contribution is -2.29. The molecule has 0 atom stereocenters. The van der Waals surface area contributed by atoms with Crippen molar-refractivity contribution >= 4 is 27.5 Å². The summed E-state index contributed by atoms with van der Waals surface area (Å²) in [5.41, 5.74) is 1.05. The SMILES string of the molecule is COCCN(CCCl)Cc1ccc(Br)cn1. The fourth-order valence-corrected chi connectivity index (χ4v) is 1.81. The van der Waals surface area contributed by atoms with E-state index < -0.39 is 0 Å². The molecule has 0 spiro atoms. The summed E-state index contributed by atoms with van der Waals surface area (Å²) in [5.74, 6) is 0.625. The molecule has 0 unspecified atom stereocenters. The minimum atomic E-state index is 0.625. The van der Waals surface area contributed by atoms with Gasteiger partial charge in [0.1, 0.15) is 0 Å². The monoisotopic (exact) mass is 306 g/mol. The fourth-order valence-electron chi connectivity index (χ4n) is 1.34. The minimum Gasteiger partial charge on any atom is -0.383 e. The summed E-state index contributed by atoms with van der Waals surface area (Å²) >= 11 is 9.12. The molecule has 0 radical (unpaired) electrons. The van der Waals surface area contributed by atoms with Crippen molar-refractivity contribution in [3.05, 3.63) is 28.5 Å². The van der Waals surface area contributed by atoms with E-state index in [1.807, 2.05) is 18.3 Å². The van der Waals surface area contributed by atoms with E-state index in [1.54, 1.807) is 7.11 Å². The van der Waals surface area contributed by atoms with Gasteiger partial charge in [0.05, 0.1) is 12.3 Å². The number of pyridine rings is 1. The van der Waals surface area contributed by atoms with E-state index in [4.69, 9.17) is 16.3 Å². The summed E-state index contributed by atoms with van der Waals surface area (Å²) in [6.45, 7) is 3.25. The van der Waals surface area contributed by atoms with Crippen molar-refractivity contribution in [2.75, 3.05) is 32.7 Å². The van der Waals surface area contributed by atoms with Gasteiger partial charge in [-0.2, -0.15) is 0 Å². The average molecular weight is 308 g/mol.